The van der Waals surface area contributed by atoms with Gasteiger partial charge in [-0.3, -0.25) is 4.98 Å². The Morgan fingerprint density at radius 1 is 1.31 bits per heavy atom. The van der Waals surface area contributed by atoms with Crippen molar-refractivity contribution in [1.29, 1.82) is 0 Å². The second-order valence-electron chi connectivity index (χ2n) is 2.95. The average Bonchev–Trinajstić information content (AvgIpc) is 2.19. The summed E-state index contributed by atoms with van der Waals surface area (Å²) in [5, 5.41) is 0. The molecule has 0 saturated carbocycles. The first-order valence-electron chi connectivity index (χ1n) is 4.55. The van der Waals surface area contributed by atoms with Gasteiger partial charge in [0.25, 0.3) is 0 Å². The van der Waals surface area contributed by atoms with Gasteiger partial charge in [-0.25, -0.2) is 0 Å². The molecule has 0 spiro atoms. The molecule has 0 aromatic carbocycles. The van der Waals surface area contributed by atoms with E-state index in [2.05, 4.69) is 24.1 Å². The van der Waals surface area contributed by atoms with Crippen molar-refractivity contribution in [3.05, 3.63) is 54.4 Å². The highest BCUT2D eigenvalue weighted by Crippen LogP contribution is 2.12. The maximum Gasteiger partial charge on any atom is 0.0469 e. The predicted octanol–water partition coefficient (Wildman–Crippen LogP) is 3.32. The average molecular weight is 173 g/mol. The third kappa shape index (κ3) is 3.24. The Morgan fingerprint density at radius 3 is 2.77 bits per heavy atom. The van der Waals surface area contributed by atoms with E-state index in [4.69, 9.17) is 0 Å². The van der Waals surface area contributed by atoms with E-state index in [9.17, 15) is 0 Å². The van der Waals surface area contributed by atoms with E-state index >= 15 is 0 Å². The molecule has 0 aliphatic heterocycles. The van der Waals surface area contributed by atoms with Gasteiger partial charge in [0.1, 0.15) is 0 Å². The van der Waals surface area contributed by atoms with Crippen LogP contribution in [0.1, 0.15) is 25.5 Å². The molecule has 1 nitrogen and oxygen atoms in total. The number of aromatic nitrogens is 1. The Balaban J connectivity index is 2.63. The maximum atomic E-state index is 4.28. The van der Waals surface area contributed by atoms with Crippen molar-refractivity contribution in [1.82, 2.24) is 4.98 Å². The topological polar surface area (TPSA) is 12.9 Å². The Labute approximate surface area is 79.8 Å². The maximum absolute atomic E-state index is 4.28. The summed E-state index contributed by atoms with van der Waals surface area (Å²) >= 11 is 0. The van der Waals surface area contributed by atoms with Crippen molar-refractivity contribution in [2.45, 2.75) is 19.8 Å². The molecule has 1 atom stereocenters. The van der Waals surface area contributed by atoms with Crippen molar-refractivity contribution >= 4 is 0 Å². The summed E-state index contributed by atoms with van der Waals surface area (Å²) in [4.78, 5) is 4.28. The fourth-order valence-corrected chi connectivity index (χ4v) is 1.09. The van der Waals surface area contributed by atoms with Gasteiger partial charge in [0, 0.05) is 17.8 Å². The molecule has 1 aromatic heterocycles. The van der Waals surface area contributed by atoms with Gasteiger partial charge in [0.05, 0.1) is 0 Å². The van der Waals surface area contributed by atoms with E-state index in [1.165, 1.54) is 0 Å². The summed E-state index contributed by atoms with van der Waals surface area (Å²) in [7, 11) is 0. The number of allylic oxidation sites excluding steroid dienone is 4. The van der Waals surface area contributed by atoms with E-state index in [-0.39, 0.29) is 0 Å². The minimum Gasteiger partial charge on any atom is -0.261 e. The van der Waals surface area contributed by atoms with Gasteiger partial charge in [-0.2, -0.15) is 0 Å². The fourth-order valence-electron chi connectivity index (χ4n) is 1.09. The molecule has 1 rings (SSSR count). The second kappa shape index (κ2) is 5.31. The molecule has 0 saturated heterocycles. The molecule has 0 unspecified atom stereocenters. The smallest absolute Gasteiger partial charge is 0.0469 e. The van der Waals surface area contributed by atoms with Crippen LogP contribution >= 0.6 is 0 Å². The molecule has 0 radical (unpaired) electrons. The zero-order valence-electron chi connectivity index (χ0n) is 8.14. The highest BCUT2D eigenvalue weighted by Gasteiger charge is 1.99. The van der Waals surface area contributed by atoms with Gasteiger partial charge in [-0.05, 0) is 19.1 Å². The van der Waals surface area contributed by atoms with Gasteiger partial charge in [0.2, 0.25) is 0 Å². The molecule has 0 aliphatic rings. The summed E-state index contributed by atoms with van der Waals surface area (Å²) < 4.78 is 0. The van der Waals surface area contributed by atoms with Gasteiger partial charge in [-0.1, -0.05) is 37.3 Å². The summed E-state index contributed by atoms with van der Waals surface area (Å²) in [5.41, 5.74) is 1.11. The van der Waals surface area contributed by atoms with E-state index in [1.807, 2.05) is 43.5 Å². The van der Waals surface area contributed by atoms with Crippen LogP contribution in [0.2, 0.25) is 0 Å². The molecular formula is C12H15N. The number of pyridine rings is 1. The van der Waals surface area contributed by atoms with Crippen molar-refractivity contribution in [2.75, 3.05) is 0 Å². The van der Waals surface area contributed by atoms with Crippen LogP contribution in [0.3, 0.4) is 0 Å². The van der Waals surface area contributed by atoms with E-state index in [1.54, 1.807) is 0 Å². The molecule has 0 fully saturated rings. The van der Waals surface area contributed by atoms with Crippen molar-refractivity contribution < 1.29 is 0 Å². The highest BCUT2D eigenvalue weighted by molar-refractivity contribution is 5.16. The van der Waals surface area contributed by atoms with Crippen LogP contribution in [0, 0.1) is 0 Å². The monoisotopic (exact) mass is 173 g/mol. The molecule has 0 N–H and O–H groups in total. The van der Waals surface area contributed by atoms with Crippen LogP contribution in [0.4, 0.5) is 0 Å². The normalized spacial score (nSPS) is 14.0. The molecule has 68 valence electrons. The van der Waals surface area contributed by atoms with Crippen LogP contribution in [0.25, 0.3) is 0 Å². The van der Waals surface area contributed by atoms with E-state index in [0.29, 0.717) is 5.92 Å². The molecule has 1 heterocycles. The minimum atomic E-state index is 0.386. The first-order valence-corrected chi connectivity index (χ1v) is 4.55. The summed E-state index contributed by atoms with van der Waals surface area (Å²) in [6.07, 6.45) is 10.1. The van der Waals surface area contributed by atoms with Gasteiger partial charge < -0.3 is 0 Å². The van der Waals surface area contributed by atoms with Crippen molar-refractivity contribution in [3.63, 3.8) is 0 Å². The number of nitrogens with zero attached hydrogens (tertiary/aromatic N) is 1. The standard InChI is InChI=1S/C12H15N/c1-3-4-5-8-11(2)12-9-6-7-10-13-12/h3-11H,1-2H3/b4-3+,8-5+/t11-/m1/s1. The Morgan fingerprint density at radius 2 is 2.15 bits per heavy atom. The molecule has 13 heavy (non-hydrogen) atoms. The second-order valence-corrected chi connectivity index (χ2v) is 2.95. The number of rotatable bonds is 3. The van der Waals surface area contributed by atoms with E-state index < -0.39 is 0 Å². The van der Waals surface area contributed by atoms with Crippen LogP contribution < -0.4 is 0 Å². The van der Waals surface area contributed by atoms with Gasteiger partial charge >= 0.3 is 0 Å². The first kappa shape index (κ1) is 9.72. The lowest BCUT2D eigenvalue weighted by atomic mass is 10.1. The minimum absolute atomic E-state index is 0.386. The SMILES string of the molecule is C/C=C/C=C/[C@@H](C)c1ccccn1. The third-order valence-electron chi connectivity index (χ3n) is 1.86. The zero-order valence-corrected chi connectivity index (χ0v) is 8.14. The van der Waals surface area contributed by atoms with Crippen molar-refractivity contribution in [2.24, 2.45) is 0 Å². The molecule has 0 amide bonds. The zero-order chi connectivity index (χ0) is 9.52. The number of hydrogen-bond donors (Lipinski definition) is 0. The highest BCUT2D eigenvalue weighted by atomic mass is 14.7. The van der Waals surface area contributed by atoms with Gasteiger partial charge in [0.15, 0.2) is 0 Å². The summed E-state index contributed by atoms with van der Waals surface area (Å²) in [6.45, 7) is 4.15. The summed E-state index contributed by atoms with van der Waals surface area (Å²) in [5.74, 6) is 0.386. The summed E-state index contributed by atoms with van der Waals surface area (Å²) in [6, 6.07) is 6.00. The third-order valence-corrected chi connectivity index (χ3v) is 1.86. The quantitative estimate of drug-likeness (QED) is 0.639. The number of hydrogen-bond acceptors (Lipinski definition) is 1. The molecular weight excluding hydrogens is 158 g/mol. The van der Waals surface area contributed by atoms with Crippen LogP contribution in [-0.2, 0) is 0 Å². The van der Waals surface area contributed by atoms with Gasteiger partial charge in [-0.15, -0.1) is 0 Å². The lowest BCUT2D eigenvalue weighted by Gasteiger charge is -2.03. The van der Waals surface area contributed by atoms with Crippen LogP contribution in [0.5, 0.6) is 0 Å². The van der Waals surface area contributed by atoms with Crippen molar-refractivity contribution in [3.8, 4) is 0 Å². The Kier molecular flexibility index (Phi) is 3.97. The lowest BCUT2D eigenvalue weighted by molar-refractivity contribution is 0.907. The lowest BCUT2D eigenvalue weighted by Crippen LogP contribution is -1.91. The molecule has 1 aromatic rings. The molecule has 0 aliphatic carbocycles. The largest absolute Gasteiger partial charge is 0.261 e. The Hall–Kier alpha value is -1.37. The predicted molar refractivity (Wildman–Crippen MR) is 56.6 cm³/mol. The van der Waals surface area contributed by atoms with Crippen LogP contribution in [0.15, 0.2) is 48.7 Å². The molecule has 0 bridgehead atoms. The molecule has 1 heteroatoms. The Bertz CT molecular complexity index is 285. The van der Waals surface area contributed by atoms with Crippen LogP contribution in [-0.4, -0.2) is 4.98 Å². The van der Waals surface area contributed by atoms with E-state index in [0.717, 1.165) is 5.69 Å². The first-order chi connectivity index (χ1) is 6.34. The fraction of sp³-hybridized carbons (Fsp3) is 0.250.